The minimum Gasteiger partial charge on any atom is -0.496 e. The Morgan fingerprint density at radius 1 is 1.43 bits per heavy atom. The minimum absolute atomic E-state index is 0.0946. The van der Waals surface area contributed by atoms with Crippen molar-refractivity contribution in [3.63, 3.8) is 0 Å². The van der Waals surface area contributed by atoms with Crippen LogP contribution < -0.4 is 4.74 Å². The number of hydrogen-bond donors (Lipinski definition) is 1. The molecule has 1 aromatic carbocycles. The molecule has 0 radical (unpaired) electrons. The summed E-state index contributed by atoms with van der Waals surface area (Å²) in [5.41, 5.74) is -0.215. The van der Waals surface area contributed by atoms with E-state index < -0.39 is 5.60 Å². The molecule has 0 aliphatic carbocycles. The van der Waals surface area contributed by atoms with E-state index >= 15 is 0 Å². The number of nitrogens with zero attached hydrogens (tertiary/aromatic N) is 1. The molecule has 0 spiro atoms. The van der Waals surface area contributed by atoms with Crippen LogP contribution in [-0.2, 0) is 0 Å². The highest BCUT2D eigenvalue weighted by Crippen LogP contribution is 2.30. The summed E-state index contributed by atoms with van der Waals surface area (Å²) in [6.45, 7) is 3.00. The maximum absolute atomic E-state index is 12.7. The van der Waals surface area contributed by atoms with E-state index in [1.54, 1.807) is 24.1 Å². The van der Waals surface area contributed by atoms with E-state index in [9.17, 15) is 9.90 Å². The summed E-state index contributed by atoms with van der Waals surface area (Å²) < 4.78 is 6.15. The molecule has 2 rings (SSSR count). The third kappa shape index (κ3) is 4.02. The summed E-state index contributed by atoms with van der Waals surface area (Å²) in [7, 11) is 1.54. The Morgan fingerprint density at radius 3 is 2.81 bits per heavy atom. The average Bonchev–Trinajstić information content (AvgIpc) is 2.61. The lowest BCUT2D eigenvalue weighted by Gasteiger charge is -2.23. The van der Waals surface area contributed by atoms with E-state index in [0.717, 1.165) is 9.99 Å². The topological polar surface area (TPSA) is 49.8 Å². The lowest BCUT2D eigenvalue weighted by molar-refractivity contribution is 0.0437. The van der Waals surface area contributed by atoms with Gasteiger partial charge in [0.05, 0.1) is 23.3 Å². The van der Waals surface area contributed by atoms with Crippen LogP contribution in [0.5, 0.6) is 5.75 Å². The molecule has 0 bridgehead atoms. The number of benzene rings is 1. The van der Waals surface area contributed by atoms with Gasteiger partial charge in [-0.25, -0.2) is 0 Å². The van der Waals surface area contributed by atoms with Crippen LogP contribution in [0.4, 0.5) is 0 Å². The van der Waals surface area contributed by atoms with E-state index in [1.165, 1.54) is 0 Å². The van der Waals surface area contributed by atoms with Crippen LogP contribution in [0, 0.1) is 3.57 Å². The monoisotopic (exact) mass is 423 g/mol. The van der Waals surface area contributed by atoms with Gasteiger partial charge in [-0.1, -0.05) is 11.6 Å². The van der Waals surface area contributed by atoms with E-state index in [-0.39, 0.29) is 5.91 Å². The third-order valence-electron chi connectivity index (χ3n) is 3.82. The number of methoxy groups -OCH3 is 1. The molecule has 1 N–H and O–H groups in total. The highest BCUT2D eigenvalue weighted by Gasteiger charge is 2.28. The van der Waals surface area contributed by atoms with Gasteiger partial charge in [0.1, 0.15) is 5.75 Å². The van der Waals surface area contributed by atoms with Crippen molar-refractivity contribution in [3.8, 4) is 5.75 Å². The first-order valence-electron chi connectivity index (χ1n) is 6.89. The predicted octanol–water partition coefficient (Wildman–Crippen LogP) is 3.33. The van der Waals surface area contributed by atoms with Gasteiger partial charge >= 0.3 is 0 Å². The van der Waals surface area contributed by atoms with E-state index in [1.807, 2.05) is 6.92 Å². The minimum atomic E-state index is -0.692. The van der Waals surface area contributed by atoms with Crippen LogP contribution in [0.2, 0.25) is 5.02 Å². The summed E-state index contributed by atoms with van der Waals surface area (Å²) in [5, 5.41) is 10.7. The van der Waals surface area contributed by atoms with Crippen molar-refractivity contribution in [3.05, 3.63) is 26.3 Å². The van der Waals surface area contributed by atoms with Crippen LogP contribution in [-0.4, -0.2) is 41.7 Å². The van der Waals surface area contributed by atoms with Crippen molar-refractivity contribution < 1.29 is 14.6 Å². The maximum atomic E-state index is 12.7. The van der Waals surface area contributed by atoms with Crippen molar-refractivity contribution in [2.75, 3.05) is 20.2 Å². The van der Waals surface area contributed by atoms with Crippen molar-refractivity contribution >= 4 is 40.1 Å². The summed E-state index contributed by atoms with van der Waals surface area (Å²) in [5.74, 6) is 0.438. The average molecular weight is 424 g/mol. The molecular formula is C15H19ClINO3. The summed E-state index contributed by atoms with van der Waals surface area (Å²) in [4.78, 5) is 14.5. The molecule has 21 heavy (non-hydrogen) atoms. The van der Waals surface area contributed by atoms with Crippen molar-refractivity contribution in [1.29, 1.82) is 0 Å². The Kier molecular flexibility index (Phi) is 5.38. The Hall–Kier alpha value is -0.530. The summed E-state index contributed by atoms with van der Waals surface area (Å²) in [6, 6.07) is 3.43. The van der Waals surface area contributed by atoms with Gasteiger partial charge in [-0.15, -0.1) is 0 Å². The second kappa shape index (κ2) is 6.71. The highest BCUT2D eigenvalue weighted by molar-refractivity contribution is 14.1. The van der Waals surface area contributed by atoms with Crippen LogP contribution in [0.15, 0.2) is 12.1 Å². The second-order valence-electron chi connectivity index (χ2n) is 5.61. The molecule has 1 unspecified atom stereocenters. The third-order valence-corrected chi connectivity index (χ3v) is 5.35. The Morgan fingerprint density at radius 2 is 2.14 bits per heavy atom. The molecule has 6 heteroatoms. The van der Waals surface area contributed by atoms with Gasteiger partial charge in [0, 0.05) is 16.7 Å². The normalized spacial score (nSPS) is 22.8. The van der Waals surface area contributed by atoms with Gasteiger partial charge in [0.2, 0.25) is 0 Å². The number of amides is 1. The molecule has 1 atom stereocenters. The van der Waals surface area contributed by atoms with Gasteiger partial charge in [0.25, 0.3) is 5.91 Å². The van der Waals surface area contributed by atoms with Crippen molar-refractivity contribution in [1.82, 2.24) is 4.90 Å². The van der Waals surface area contributed by atoms with Crippen LogP contribution in [0.3, 0.4) is 0 Å². The van der Waals surface area contributed by atoms with Crippen LogP contribution in [0.1, 0.15) is 36.5 Å². The molecule has 1 fully saturated rings. The van der Waals surface area contributed by atoms with Gasteiger partial charge in [-0.05, 0) is 60.9 Å². The standard InChI is InChI=1S/C15H19ClINO3/c1-15(20)4-3-6-18(7-5-15)14(19)10-8-11(16)12(17)9-13(10)21-2/h8-9,20H,3-7H2,1-2H3. The van der Waals surface area contributed by atoms with E-state index in [4.69, 9.17) is 16.3 Å². The fourth-order valence-corrected chi connectivity index (χ4v) is 3.10. The molecule has 116 valence electrons. The first-order chi connectivity index (χ1) is 9.84. The number of carbonyl (C=O) groups excluding carboxylic acids is 1. The van der Waals surface area contributed by atoms with Crippen molar-refractivity contribution in [2.24, 2.45) is 0 Å². The largest absolute Gasteiger partial charge is 0.496 e. The zero-order valence-corrected chi connectivity index (χ0v) is 15.1. The van der Waals surface area contributed by atoms with Crippen molar-refractivity contribution in [2.45, 2.75) is 31.8 Å². The fourth-order valence-electron chi connectivity index (χ4n) is 2.50. The summed E-state index contributed by atoms with van der Waals surface area (Å²) in [6.07, 6.45) is 2.08. The smallest absolute Gasteiger partial charge is 0.257 e. The molecule has 1 aliphatic heterocycles. The van der Waals surface area contributed by atoms with Crippen LogP contribution >= 0.6 is 34.2 Å². The second-order valence-corrected chi connectivity index (χ2v) is 7.18. The SMILES string of the molecule is COc1cc(I)c(Cl)cc1C(=O)N1CCCC(C)(O)CC1. The molecule has 0 aromatic heterocycles. The van der Waals surface area contributed by atoms with E-state index in [0.29, 0.717) is 42.3 Å². The number of aliphatic hydroxyl groups is 1. The Bertz CT molecular complexity index is 548. The molecule has 1 amide bonds. The predicted molar refractivity (Wildman–Crippen MR) is 91.1 cm³/mol. The molecule has 1 aliphatic rings. The van der Waals surface area contributed by atoms with E-state index in [2.05, 4.69) is 22.6 Å². The Balaban J connectivity index is 2.25. The molecular weight excluding hydrogens is 405 g/mol. The molecule has 0 saturated carbocycles. The van der Waals surface area contributed by atoms with Gasteiger partial charge < -0.3 is 14.7 Å². The zero-order valence-electron chi connectivity index (χ0n) is 12.2. The molecule has 1 heterocycles. The van der Waals surface area contributed by atoms with Gasteiger partial charge in [-0.2, -0.15) is 0 Å². The maximum Gasteiger partial charge on any atom is 0.257 e. The molecule has 4 nitrogen and oxygen atoms in total. The number of rotatable bonds is 2. The summed E-state index contributed by atoms with van der Waals surface area (Å²) >= 11 is 8.24. The van der Waals surface area contributed by atoms with Crippen LogP contribution in [0.25, 0.3) is 0 Å². The number of likely N-dealkylation sites (tertiary alicyclic amines) is 1. The molecule has 1 aromatic rings. The zero-order chi connectivity index (χ0) is 15.6. The van der Waals surface area contributed by atoms with Gasteiger partial charge in [-0.3, -0.25) is 4.79 Å². The molecule has 1 saturated heterocycles. The number of halogens is 2. The first-order valence-corrected chi connectivity index (χ1v) is 8.34. The van der Waals surface area contributed by atoms with Gasteiger partial charge in [0.15, 0.2) is 0 Å². The number of ether oxygens (including phenoxy) is 1. The number of carbonyl (C=O) groups is 1. The Labute approximate surface area is 143 Å². The first kappa shape index (κ1) is 16.8. The lowest BCUT2D eigenvalue weighted by Crippen LogP contribution is -2.33. The lowest BCUT2D eigenvalue weighted by atomic mass is 9.98. The fraction of sp³-hybridized carbons (Fsp3) is 0.533. The quantitative estimate of drug-likeness (QED) is 0.743. The number of hydrogen-bond acceptors (Lipinski definition) is 3. The highest BCUT2D eigenvalue weighted by atomic mass is 127.